The monoisotopic (exact) mass is 348 g/mol. The van der Waals surface area contributed by atoms with E-state index in [1.807, 2.05) is 35.2 Å². The number of amides is 1. The molecule has 5 nitrogen and oxygen atoms in total. The predicted molar refractivity (Wildman–Crippen MR) is 99.9 cm³/mol. The molecule has 1 fully saturated rings. The molecule has 2 atom stereocenters. The van der Waals surface area contributed by atoms with Crippen molar-refractivity contribution < 1.29 is 14.3 Å². The van der Waals surface area contributed by atoms with Gasteiger partial charge in [0.05, 0.1) is 6.61 Å². The number of nitrogens with zero attached hydrogens (tertiary/aromatic N) is 2. The molecule has 0 bridgehead atoms. The van der Waals surface area contributed by atoms with E-state index < -0.39 is 0 Å². The van der Waals surface area contributed by atoms with E-state index in [2.05, 4.69) is 18.7 Å². The van der Waals surface area contributed by atoms with Crippen LogP contribution in [0.5, 0.6) is 5.75 Å². The van der Waals surface area contributed by atoms with Gasteiger partial charge in [0.2, 0.25) is 5.91 Å². The van der Waals surface area contributed by atoms with Gasteiger partial charge in [-0.3, -0.25) is 9.69 Å². The molecule has 1 aliphatic heterocycles. The van der Waals surface area contributed by atoms with Gasteiger partial charge in [0.1, 0.15) is 5.75 Å². The maximum Gasteiger partial charge on any atom is 0.222 e. The van der Waals surface area contributed by atoms with Gasteiger partial charge in [-0.1, -0.05) is 18.2 Å². The second-order valence-electron chi connectivity index (χ2n) is 6.85. The number of carbonyl (C=O) groups excluding carboxylic acids is 1. The van der Waals surface area contributed by atoms with Crippen molar-refractivity contribution in [2.45, 2.75) is 45.2 Å². The highest BCUT2D eigenvalue weighted by molar-refractivity contribution is 5.76. The Morgan fingerprint density at radius 3 is 2.40 bits per heavy atom. The lowest BCUT2D eigenvalue weighted by atomic mass is 10.1. The summed E-state index contributed by atoms with van der Waals surface area (Å²) in [6, 6.07) is 10.5. The molecule has 0 aromatic heterocycles. The summed E-state index contributed by atoms with van der Waals surface area (Å²) in [5, 5.41) is 0. The Hall–Kier alpha value is -1.59. The van der Waals surface area contributed by atoms with Crippen LogP contribution in [0.25, 0.3) is 0 Å². The third-order valence-corrected chi connectivity index (χ3v) is 4.77. The van der Waals surface area contributed by atoms with Crippen molar-refractivity contribution >= 4 is 5.91 Å². The van der Waals surface area contributed by atoms with Crippen LogP contribution in [0.2, 0.25) is 0 Å². The average Bonchev–Trinajstić information content (AvgIpc) is 2.61. The van der Waals surface area contributed by atoms with E-state index in [1.54, 1.807) is 7.11 Å². The van der Waals surface area contributed by atoms with Crippen LogP contribution in [0, 0.1) is 0 Å². The number of methoxy groups -OCH3 is 1. The minimum absolute atomic E-state index is 0.243. The lowest BCUT2D eigenvalue weighted by Gasteiger charge is -2.44. The molecule has 1 heterocycles. The number of rotatable bonds is 9. The quantitative estimate of drug-likeness (QED) is 0.644. The summed E-state index contributed by atoms with van der Waals surface area (Å²) in [5.74, 6) is 1.11. The number of para-hydroxylation sites is 1. The Kier molecular flexibility index (Phi) is 8.22. The Balaban J connectivity index is 1.70. The molecular formula is C20H32N2O3. The van der Waals surface area contributed by atoms with Crippen LogP contribution in [-0.2, 0) is 9.53 Å². The Morgan fingerprint density at radius 1 is 1.08 bits per heavy atom. The average molecular weight is 348 g/mol. The van der Waals surface area contributed by atoms with Crippen LogP contribution < -0.4 is 4.74 Å². The van der Waals surface area contributed by atoms with Crippen LogP contribution >= 0.6 is 0 Å². The van der Waals surface area contributed by atoms with Gasteiger partial charge in [-0.05, 0) is 38.8 Å². The maximum absolute atomic E-state index is 12.5. The zero-order valence-electron chi connectivity index (χ0n) is 15.8. The van der Waals surface area contributed by atoms with Crippen molar-refractivity contribution in [2.24, 2.45) is 0 Å². The zero-order valence-corrected chi connectivity index (χ0v) is 15.8. The standard InChI is InChI=1S/C20H32N2O3/c1-17-15-21(16-18(2)22(17)12-8-13-24-3)20(23)11-7-14-25-19-9-5-4-6-10-19/h4-6,9-10,17-18H,7-8,11-16H2,1-3H3. The normalized spacial score (nSPS) is 21.3. The molecule has 2 unspecified atom stereocenters. The zero-order chi connectivity index (χ0) is 18.1. The highest BCUT2D eigenvalue weighted by atomic mass is 16.5. The van der Waals surface area contributed by atoms with Crippen LogP contribution in [0.1, 0.15) is 33.1 Å². The lowest BCUT2D eigenvalue weighted by Crippen LogP contribution is -2.58. The van der Waals surface area contributed by atoms with E-state index in [1.165, 1.54) is 0 Å². The van der Waals surface area contributed by atoms with E-state index in [-0.39, 0.29) is 5.91 Å². The second-order valence-corrected chi connectivity index (χ2v) is 6.85. The molecule has 140 valence electrons. The first-order chi connectivity index (χ1) is 12.1. The number of piperazine rings is 1. The molecule has 1 aliphatic rings. The topological polar surface area (TPSA) is 42.0 Å². The third-order valence-electron chi connectivity index (χ3n) is 4.77. The van der Waals surface area contributed by atoms with Gasteiger partial charge < -0.3 is 14.4 Å². The molecule has 5 heteroatoms. The first kappa shape index (κ1) is 19.7. The van der Waals surface area contributed by atoms with E-state index in [0.29, 0.717) is 25.1 Å². The Morgan fingerprint density at radius 2 is 1.76 bits per heavy atom. The molecule has 0 aliphatic carbocycles. The number of benzene rings is 1. The summed E-state index contributed by atoms with van der Waals surface area (Å²) in [6.45, 7) is 8.45. The minimum atomic E-state index is 0.243. The largest absolute Gasteiger partial charge is 0.494 e. The smallest absolute Gasteiger partial charge is 0.222 e. The van der Waals surface area contributed by atoms with Gasteiger partial charge in [0, 0.05) is 51.9 Å². The van der Waals surface area contributed by atoms with Gasteiger partial charge in [-0.25, -0.2) is 0 Å². The van der Waals surface area contributed by atoms with Crippen molar-refractivity contribution in [2.75, 3.05) is 40.0 Å². The molecule has 1 saturated heterocycles. The van der Waals surface area contributed by atoms with Crippen molar-refractivity contribution in [1.29, 1.82) is 0 Å². The molecule has 0 saturated carbocycles. The minimum Gasteiger partial charge on any atom is -0.494 e. The summed E-state index contributed by atoms with van der Waals surface area (Å²) in [5.41, 5.74) is 0. The SMILES string of the molecule is COCCCN1C(C)CN(C(=O)CCCOc2ccccc2)CC1C. The predicted octanol–water partition coefficient (Wildman–Crippen LogP) is 2.80. The van der Waals surface area contributed by atoms with Crippen molar-refractivity contribution in [3.63, 3.8) is 0 Å². The number of hydrogen-bond acceptors (Lipinski definition) is 4. The van der Waals surface area contributed by atoms with Gasteiger partial charge in [0.25, 0.3) is 0 Å². The van der Waals surface area contributed by atoms with E-state index in [0.717, 1.165) is 44.8 Å². The summed E-state index contributed by atoms with van der Waals surface area (Å²) in [4.78, 5) is 17.0. The number of hydrogen-bond donors (Lipinski definition) is 0. The van der Waals surface area contributed by atoms with Crippen molar-refractivity contribution in [1.82, 2.24) is 9.80 Å². The molecule has 2 rings (SSSR count). The summed E-state index contributed by atoms with van der Waals surface area (Å²) >= 11 is 0. The van der Waals surface area contributed by atoms with E-state index in [4.69, 9.17) is 9.47 Å². The summed E-state index contributed by atoms with van der Waals surface area (Å²) < 4.78 is 10.8. The van der Waals surface area contributed by atoms with Crippen LogP contribution in [0.4, 0.5) is 0 Å². The van der Waals surface area contributed by atoms with Gasteiger partial charge in [0.15, 0.2) is 0 Å². The van der Waals surface area contributed by atoms with Gasteiger partial charge >= 0.3 is 0 Å². The maximum atomic E-state index is 12.5. The fourth-order valence-electron chi connectivity index (χ4n) is 3.48. The molecule has 1 amide bonds. The van der Waals surface area contributed by atoms with Gasteiger partial charge in [-0.2, -0.15) is 0 Å². The lowest BCUT2D eigenvalue weighted by molar-refractivity contribution is -0.135. The molecular weight excluding hydrogens is 316 g/mol. The molecule has 1 aromatic rings. The molecule has 0 spiro atoms. The highest BCUT2D eigenvalue weighted by Gasteiger charge is 2.30. The van der Waals surface area contributed by atoms with Crippen molar-refractivity contribution in [3.05, 3.63) is 30.3 Å². The first-order valence-electron chi connectivity index (χ1n) is 9.32. The number of carbonyl (C=O) groups is 1. The van der Waals surface area contributed by atoms with Crippen LogP contribution in [0.15, 0.2) is 30.3 Å². The second kappa shape index (κ2) is 10.4. The third kappa shape index (κ3) is 6.33. The number of ether oxygens (including phenoxy) is 2. The fourth-order valence-corrected chi connectivity index (χ4v) is 3.48. The Bertz CT molecular complexity index is 497. The molecule has 25 heavy (non-hydrogen) atoms. The van der Waals surface area contributed by atoms with E-state index >= 15 is 0 Å². The van der Waals surface area contributed by atoms with Crippen molar-refractivity contribution in [3.8, 4) is 5.75 Å². The molecule has 1 aromatic carbocycles. The molecule has 0 radical (unpaired) electrons. The van der Waals surface area contributed by atoms with Gasteiger partial charge in [-0.15, -0.1) is 0 Å². The molecule has 0 N–H and O–H groups in total. The highest BCUT2D eigenvalue weighted by Crippen LogP contribution is 2.17. The Labute approximate surface area is 151 Å². The van der Waals surface area contributed by atoms with E-state index in [9.17, 15) is 4.79 Å². The van der Waals surface area contributed by atoms with Crippen LogP contribution in [-0.4, -0.2) is 67.7 Å². The summed E-state index contributed by atoms with van der Waals surface area (Å²) in [7, 11) is 1.74. The fraction of sp³-hybridized carbons (Fsp3) is 0.650. The first-order valence-corrected chi connectivity index (χ1v) is 9.32. The summed E-state index contributed by atoms with van der Waals surface area (Å²) in [6.07, 6.45) is 2.34. The van der Waals surface area contributed by atoms with Crippen LogP contribution in [0.3, 0.4) is 0 Å².